The van der Waals surface area contributed by atoms with E-state index in [1.165, 1.54) is 17.3 Å². The van der Waals surface area contributed by atoms with Crippen molar-refractivity contribution in [1.82, 2.24) is 24.7 Å². The highest BCUT2D eigenvalue weighted by Crippen LogP contribution is 2.40. The van der Waals surface area contributed by atoms with Crippen LogP contribution in [0.15, 0.2) is 48.9 Å². The van der Waals surface area contributed by atoms with Gasteiger partial charge in [0.05, 0.1) is 23.3 Å². The number of hydrogen-bond donors (Lipinski definition) is 1. The maximum Gasteiger partial charge on any atom is 0.266 e. The van der Waals surface area contributed by atoms with Gasteiger partial charge in [-0.2, -0.15) is 5.10 Å². The average Bonchev–Trinajstić information content (AvgIpc) is 3.50. The molecule has 1 aliphatic rings. The molecule has 1 amide bonds. The zero-order chi connectivity index (χ0) is 30.1. The van der Waals surface area contributed by atoms with E-state index >= 15 is 0 Å². The lowest BCUT2D eigenvalue weighted by Gasteiger charge is -2.22. The summed E-state index contributed by atoms with van der Waals surface area (Å²) in [6.45, 7) is 11.4. The first-order valence-electron chi connectivity index (χ1n) is 14.2. The van der Waals surface area contributed by atoms with E-state index in [1.54, 1.807) is 16.9 Å². The van der Waals surface area contributed by atoms with Gasteiger partial charge in [-0.15, -0.1) is 0 Å². The predicted molar refractivity (Wildman–Crippen MR) is 163 cm³/mol. The van der Waals surface area contributed by atoms with Crippen molar-refractivity contribution in [1.29, 1.82) is 0 Å². The fourth-order valence-corrected chi connectivity index (χ4v) is 5.58. The van der Waals surface area contributed by atoms with Crippen molar-refractivity contribution in [2.45, 2.75) is 64.5 Å². The predicted octanol–water partition coefficient (Wildman–Crippen LogP) is 6.42. The van der Waals surface area contributed by atoms with Crippen molar-refractivity contribution in [2.24, 2.45) is 0 Å². The van der Waals surface area contributed by atoms with Gasteiger partial charge in [-0.05, 0) is 18.2 Å². The first-order valence-corrected chi connectivity index (χ1v) is 17.9. The van der Waals surface area contributed by atoms with E-state index in [-0.39, 0.29) is 37.0 Å². The first-order chi connectivity index (χ1) is 19.9. The van der Waals surface area contributed by atoms with E-state index in [1.807, 2.05) is 38.1 Å². The molecule has 222 valence electrons. The Hall–Kier alpha value is -3.77. The number of nitrogens with zero attached hydrogens (tertiary/aromatic N) is 6. The maximum atomic E-state index is 14.3. The Labute approximate surface area is 245 Å². The van der Waals surface area contributed by atoms with Crippen LogP contribution in [0.5, 0.6) is 0 Å². The van der Waals surface area contributed by atoms with Crippen molar-refractivity contribution >= 4 is 36.4 Å². The van der Waals surface area contributed by atoms with Gasteiger partial charge in [0.25, 0.3) is 11.8 Å². The van der Waals surface area contributed by atoms with E-state index in [2.05, 4.69) is 39.9 Å². The fraction of sp³-hybridized carbons (Fsp3) is 0.433. The molecule has 0 radical (unpaired) electrons. The average molecular weight is 594 g/mol. The summed E-state index contributed by atoms with van der Waals surface area (Å²) < 4.78 is 36.4. The second-order valence-electron chi connectivity index (χ2n) is 12.2. The third kappa shape index (κ3) is 6.65. The van der Waals surface area contributed by atoms with Gasteiger partial charge in [0.1, 0.15) is 18.2 Å². The fourth-order valence-electron chi connectivity index (χ4n) is 4.82. The van der Waals surface area contributed by atoms with Gasteiger partial charge < -0.3 is 15.0 Å². The van der Waals surface area contributed by atoms with Crippen LogP contribution in [0.4, 0.5) is 20.3 Å². The minimum absolute atomic E-state index is 0.110. The topological polar surface area (TPSA) is 98.1 Å². The van der Waals surface area contributed by atoms with Crippen LogP contribution in [-0.4, -0.2) is 64.3 Å². The summed E-state index contributed by atoms with van der Waals surface area (Å²) in [5.74, 6) is -2.31. The normalized spacial score (nSPS) is 15.1. The summed E-state index contributed by atoms with van der Waals surface area (Å²) in [7, 11) is -1.26. The number of alkyl halides is 2. The second kappa shape index (κ2) is 11.8. The van der Waals surface area contributed by atoms with Gasteiger partial charge in [0.2, 0.25) is 0 Å². The monoisotopic (exact) mass is 593 g/mol. The van der Waals surface area contributed by atoms with Crippen molar-refractivity contribution in [3.63, 3.8) is 0 Å². The number of hydrogen-bond acceptors (Lipinski definition) is 7. The lowest BCUT2D eigenvalue weighted by molar-refractivity contribution is 0.0257. The number of benzene rings is 1. The largest absolute Gasteiger partial charge is 0.360 e. The van der Waals surface area contributed by atoms with E-state index in [9.17, 15) is 13.6 Å². The molecule has 1 aliphatic heterocycles. The summed E-state index contributed by atoms with van der Waals surface area (Å²) in [6.07, 6.45) is 4.22. The molecule has 0 aliphatic carbocycles. The first kappa shape index (κ1) is 29.7. The molecule has 0 saturated carbocycles. The van der Waals surface area contributed by atoms with Gasteiger partial charge in [0.15, 0.2) is 5.82 Å². The number of halogens is 2. The molecule has 42 heavy (non-hydrogen) atoms. The van der Waals surface area contributed by atoms with Crippen molar-refractivity contribution < 1.29 is 18.3 Å². The molecule has 1 fully saturated rings. The number of aromatic nitrogens is 5. The number of pyridine rings is 1. The zero-order valence-corrected chi connectivity index (χ0v) is 25.7. The maximum absolute atomic E-state index is 14.3. The molecule has 1 aromatic carbocycles. The van der Waals surface area contributed by atoms with E-state index < -0.39 is 26.4 Å². The van der Waals surface area contributed by atoms with E-state index in [0.717, 1.165) is 16.9 Å². The summed E-state index contributed by atoms with van der Waals surface area (Å²) in [5, 5.41) is 8.68. The molecule has 0 spiro atoms. The molecule has 4 heterocycles. The van der Waals surface area contributed by atoms with Crippen LogP contribution in [0.25, 0.3) is 22.2 Å². The zero-order valence-electron chi connectivity index (χ0n) is 24.7. The molecular formula is C30H37F2N7O2Si. The Morgan fingerprint density at radius 3 is 2.52 bits per heavy atom. The van der Waals surface area contributed by atoms with Gasteiger partial charge in [-0.1, -0.05) is 51.7 Å². The van der Waals surface area contributed by atoms with Crippen LogP contribution < -0.4 is 10.2 Å². The minimum atomic E-state index is -2.85. The number of fused-ring (bicyclic) bond motifs is 1. The second-order valence-corrected chi connectivity index (χ2v) is 17.9. The van der Waals surface area contributed by atoms with Gasteiger partial charge in [0, 0.05) is 63.1 Å². The Morgan fingerprint density at radius 2 is 1.86 bits per heavy atom. The van der Waals surface area contributed by atoms with Crippen molar-refractivity contribution in [3.8, 4) is 11.3 Å². The summed E-state index contributed by atoms with van der Waals surface area (Å²) in [6, 6.07) is 10.5. The third-order valence-corrected chi connectivity index (χ3v) is 8.92. The van der Waals surface area contributed by atoms with Crippen LogP contribution >= 0.6 is 0 Å². The molecular weight excluding hydrogens is 556 g/mol. The molecule has 9 nitrogen and oxygen atoms in total. The number of amides is 1. The van der Waals surface area contributed by atoms with Gasteiger partial charge in [-0.3, -0.25) is 4.79 Å². The molecule has 12 heteroatoms. The smallest absolute Gasteiger partial charge is 0.266 e. The number of nitrogens with one attached hydrogen (secondary N) is 1. The van der Waals surface area contributed by atoms with Crippen LogP contribution in [0, 0.1) is 0 Å². The highest BCUT2D eigenvalue weighted by Gasteiger charge is 2.40. The van der Waals surface area contributed by atoms with Crippen molar-refractivity contribution in [2.75, 3.05) is 29.9 Å². The summed E-state index contributed by atoms with van der Waals surface area (Å²) >= 11 is 0. The highest BCUT2D eigenvalue weighted by molar-refractivity contribution is 6.76. The van der Waals surface area contributed by atoms with E-state index in [4.69, 9.17) is 9.84 Å². The lowest BCUT2D eigenvalue weighted by atomic mass is 10.1. The van der Waals surface area contributed by atoms with Gasteiger partial charge in [-0.25, -0.2) is 28.4 Å². The Balaban J connectivity index is 1.55. The third-order valence-electron chi connectivity index (χ3n) is 7.21. The van der Waals surface area contributed by atoms with E-state index in [0.29, 0.717) is 29.4 Å². The minimum Gasteiger partial charge on any atom is -0.360 e. The number of carbonyl (C=O) groups is 1. The van der Waals surface area contributed by atoms with Gasteiger partial charge >= 0.3 is 0 Å². The van der Waals surface area contributed by atoms with Crippen LogP contribution in [0.3, 0.4) is 0 Å². The van der Waals surface area contributed by atoms with Crippen molar-refractivity contribution in [3.05, 3.63) is 60.3 Å². The standard InChI is InChI=1S/C30H37F2N7O2Si/c1-20(2)27-34-16-21(17-35-27)29(40)36-26-23(10-12-33-28(26)38-13-11-30(31,32)18-38)25-22-8-6-7-9-24(22)39(37-25)19-41-14-15-42(3,4)5/h6-10,12,16-17,20H,11,13-15,18-19H2,1-5H3,(H,36,40). The number of carbonyl (C=O) groups excluding carboxylic acids is 1. The number of anilines is 2. The van der Waals surface area contributed by atoms with Crippen LogP contribution in [-0.2, 0) is 11.5 Å². The SMILES string of the molecule is CC(C)c1ncc(C(=O)Nc2c(-c3nn(COCC[Si](C)(C)C)c4ccccc34)ccnc2N2CCC(F)(F)C2)cn1. The van der Waals surface area contributed by atoms with Crippen LogP contribution in [0.2, 0.25) is 25.7 Å². The van der Waals surface area contributed by atoms with Crippen LogP contribution in [0.1, 0.15) is 42.4 Å². The number of para-hydroxylation sites is 1. The lowest BCUT2D eigenvalue weighted by Crippen LogP contribution is -2.27. The Morgan fingerprint density at radius 1 is 1.12 bits per heavy atom. The summed E-state index contributed by atoms with van der Waals surface area (Å²) in [5.41, 5.74) is 2.58. The quantitative estimate of drug-likeness (QED) is 0.167. The number of rotatable bonds is 10. The molecule has 0 atom stereocenters. The Bertz CT molecular complexity index is 1570. The molecule has 3 aromatic heterocycles. The molecule has 5 rings (SSSR count). The molecule has 0 unspecified atom stereocenters. The molecule has 1 saturated heterocycles. The number of ether oxygens (including phenoxy) is 1. The molecule has 4 aromatic rings. The summed E-state index contributed by atoms with van der Waals surface area (Å²) in [4.78, 5) is 28.1. The Kier molecular flexibility index (Phi) is 8.38. The highest BCUT2D eigenvalue weighted by atomic mass is 28.3. The molecule has 1 N–H and O–H groups in total. The molecule has 0 bridgehead atoms.